The first-order chi connectivity index (χ1) is 27.5. The predicted molar refractivity (Wildman–Crippen MR) is 191 cm³/mol. The molecule has 0 saturated carbocycles. The number of imide groups is 1. The van der Waals surface area contributed by atoms with E-state index in [0.717, 1.165) is 24.3 Å². The number of aromatic nitrogens is 6. The number of halogens is 6. The minimum atomic E-state index is -4.58. The van der Waals surface area contributed by atoms with Gasteiger partial charge in [0, 0.05) is 86.4 Å². The number of rotatable bonds is 10. The van der Waals surface area contributed by atoms with Crippen molar-refractivity contribution in [1.82, 2.24) is 45.8 Å². The van der Waals surface area contributed by atoms with Crippen LogP contribution in [0.2, 0.25) is 0 Å². The summed E-state index contributed by atoms with van der Waals surface area (Å²) in [6.07, 6.45) is -1.84. The summed E-state index contributed by atoms with van der Waals surface area (Å²) in [5.74, 6) is -4.09. The second-order valence-corrected chi connectivity index (χ2v) is 15.1. The van der Waals surface area contributed by atoms with Gasteiger partial charge in [0.25, 0.3) is 5.91 Å². The van der Waals surface area contributed by atoms with Crippen molar-refractivity contribution in [3.05, 3.63) is 89.2 Å². The number of nitrogens with zero attached hydrogens (tertiary/aromatic N) is 8. The lowest BCUT2D eigenvalue weighted by Gasteiger charge is -2.61. The number of alkyl halides is 3. The number of anilines is 2. The Kier molecular flexibility index (Phi) is 9.44. The van der Waals surface area contributed by atoms with Gasteiger partial charge >= 0.3 is 12.2 Å². The Morgan fingerprint density at radius 3 is 2.33 bits per heavy atom. The topological polar surface area (TPSA) is 178 Å². The smallest absolute Gasteiger partial charge is 0.370 e. The summed E-state index contributed by atoms with van der Waals surface area (Å²) in [6.45, 7) is 4.58. The Labute approximate surface area is 324 Å². The molecule has 0 radical (unpaired) electrons. The summed E-state index contributed by atoms with van der Waals surface area (Å²) in [4.78, 5) is 53.4. The van der Waals surface area contributed by atoms with Crippen molar-refractivity contribution in [1.29, 1.82) is 0 Å². The van der Waals surface area contributed by atoms with Crippen molar-refractivity contribution in [2.45, 2.75) is 44.9 Å². The zero-order chi connectivity index (χ0) is 41.1. The molecule has 0 bridgehead atoms. The molecule has 58 heavy (non-hydrogen) atoms. The van der Waals surface area contributed by atoms with E-state index in [9.17, 15) is 27.6 Å². The molecule has 0 atom stereocenters. The minimum Gasteiger partial charge on any atom is -0.370 e. The molecule has 3 aliphatic heterocycles. The van der Waals surface area contributed by atoms with Gasteiger partial charge in [-0.2, -0.15) is 18.3 Å². The summed E-state index contributed by atoms with van der Waals surface area (Å²) in [5, 5.41) is 14.3. The van der Waals surface area contributed by atoms with Crippen molar-refractivity contribution in [2.24, 2.45) is 5.41 Å². The summed E-state index contributed by atoms with van der Waals surface area (Å²) < 4.78 is 90.4. The number of carbonyl (C=O) groups excluding carboxylic acids is 3. The van der Waals surface area contributed by atoms with Crippen LogP contribution in [0.1, 0.15) is 48.0 Å². The highest BCUT2D eigenvalue weighted by Crippen LogP contribution is 2.44. The van der Waals surface area contributed by atoms with Crippen LogP contribution in [0.25, 0.3) is 22.6 Å². The Bertz CT molecular complexity index is 2400. The lowest BCUT2D eigenvalue weighted by atomic mass is 9.72. The highest BCUT2D eigenvalue weighted by atomic mass is 19.4. The van der Waals surface area contributed by atoms with E-state index < -0.39 is 58.4 Å². The molecule has 3 saturated heterocycles. The molecule has 3 fully saturated rings. The van der Waals surface area contributed by atoms with Gasteiger partial charge < -0.3 is 14.7 Å². The van der Waals surface area contributed by atoms with E-state index >= 15 is 13.2 Å². The monoisotopic (exact) mass is 809 g/mol. The second kappa shape index (κ2) is 14.2. The number of hydrogen-bond acceptors (Lipinski definition) is 11. The van der Waals surface area contributed by atoms with Crippen LogP contribution in [0.3, 0.4) is 0 Å². The Morgan fingerprint density at radius 1 is 0.966 bits per heavy atom. The highest BCUT2D eigenvalue weighted by molar-refractivity contribution is 6.05. The van der Waals surface area contributed by atoms with Gasteiger partial charge in [0.1, 0.15) is 22.7 Å². The molecular weight excluding hydrogens is 776 g/mol. The molecule has 8 rings (SSSR count). The summed E-state index contributed by atoms with van der Waals surface area (Å²) in [5.41, 5.74) is -0.980. The van der Waals surface area contributed by atoms with Crippen molar-refractivity contribution < 1.29 is 45.2 Å². The van der Waals surface area contributed by atoms with E-state index in [2.05, 4.69) is 45.8 Å². The molecule has 15 nitrogen and oxygen atoms in total. The zero-order valence-corrected chi connectivity index (χ0v) is 30.8. The molecule has 0 aliphatic carbocycles. The molecular formula is C37H33F6N11O4. The zero-order valence-electron chi connectivity index (χ0n) is 30.8. The molecule has 5 aromatic rings. The molecule has 21 heteroatoms. The van der Waals surface area contributed by atoms with Gasteiger partial charge in [-0.05, 0) is 37.6 Å². The Morgan fingerprint density at radius 2 is 1.67 bits per heavy atom. The van der Waals surface area contributed by atoms with Crippen molar-refractivity contribution in [3.63, 3.8) is 0 Å². The van der Waals surface area contributed by atoms with Gasteiger partial charge in [-0.15, -0.1) is 0 Å². The number of carbonyl (C=O) groups is 3. The van der Waals surface area contributed by atoms with E-state index in [0.29, 0.717) is 44.0 Å². The number of nitrogens with one attached hydrogen (secondary N) is 3. The van der Waals surface area contributed by atoms with E-state index in [1.165, 1.54) is 36.7 Å². The molecule has 2 aromatic carbocycles. The van der Waals surface area contributed by atoms with E-state index in [4.69, 9.17) is 4.52 Å². The van der Waals surface area contributed by atoms with Crippen LogP contribution >= 0.6 is 0 Å². The molecule has 1 spiro atoms. The van der Waals surface area contributed by atoms with Crippen molar-refractivity contribution in [2.75, 3.05) is 42.5 Å². The first-order valence-corrected chi connectivity index (χ1v) is 17.9. The maximum atomic E-state index is 15.3. The third-order valence-corrected chi connectivity index (χ3v) is 10.4. The van der Waals surface area contributed by atoms with Crippen LogP contribution in [0, 0.1) is 22.9 Å². The average Bonchev–Trinajstić information content (AvgIpc) is 3.83. The fourth-order valence-corrected chi connectivity index (χ4v) is 7.20. The van der Waals surface area contributed by atoms with E-state index in [-0.39, 0.29) is 53.6 Å². The largest absolute Gasteiger partial charge is 0.401 e. The number of urea groups is 1. The summed E-state index contributed by atoms with van der Waals surface area (Å²) >= 11 is 0. The van der Waals surface area contributed by atoms with Crippen LogP contribution in [0.15, 0.2) is 53.3 Å². The van der Waals surface area contributed by atoms with Crippen molar-refractivity contribution in [3.8, 4) is 22.6 Å². The Hall–Kier alpha value is -6.38. The molecule has 302 valence electrons. The van der Waals surface area contributed by atoms with Crippen molar-refractivity contribution >= 4 is 29.2 Å². The van der Waals surface area contributed by atoms with Gasteiger partial charge in [0.15, 0.2) is 29.0 Å². The predicted octanol–water partition coefficient (Wildman–Crippen LogP) is 4.87. The van der Waals surface area contributed by atoms with Gasteiger partial charge in [-0.3, -0.25) is 29.8 Å². The molecule has 0 unspecified atom stereocenters. The standard InChI is InChI=1S/C37H33F6N11O4/c1-35(2,37(41,42)43)33-47-28(49-50-33)13-46-32(56)27-10-26(51-58-27)31-44-11-20(12-45-31)22-4-3-19(7-23(22)38)14-52-15-36(16-52)17-53(18-36)21-8-24(39)30(25(40)9-21)54-6-5-29(55)48-34(54)57/h3-4,7-12H,5-6,13-18H2,1-2H3,(H,46,56)(H,47,49,50)(H,48,55,57). The highest BCUT2D eigenvalue weighted by Gasteiger charge is 2.52. The third kappa shape index (κ3) is 7.20. The summed E-state index contributed by atoms with van der Waals surface area (Å²) in [7, 11) is 0. The van der Waals surface area contributed by atoms with Gasteiger partial charge in [-0.25, -0.2) is 32.9 Å². The fourth-order valence-electron chi connectivity index (χ4n) is 7.20. The van der Waals surface area contributed by atoms with Gasteiger partial charge in [0.05, 0.1) is 6.54 Å². The van der Waals surface area contributed by atoms with Crippen LogP contribution in [-0.2, 0) is 23.3 Å². The third-order valence-electron chi connectivity index (χ3n) is 10.4. The summed E-state index contributed by atoms with van der Waals surface area (Å²) in [6, 6.07) is 7.66. The average molecular weight is 810 g/mol. The maximum Gasteiger partial charge on any atom is 0.401 e. The second-order valence-electron chi connectivity index (χ2n) is 15.1. The SMILES string of the molecule is CC(C)(c1n[nH]c(CNC(=O)c2cc(-c3ncc(-c4ccc(CN5CC6(C5)CN(c5cc(F)c(N7CCC(=O)NC7=O)c(F)c5)C6)cc4F)cn3)no2)n1)C(F)(F)F. The van der Waals surface area contributed by atoms with Crippen LogP contribution in [-0.4, -0.2) is 92.0 Å². The maximum absolute atomic E-state index is 15.3. The number of benzene rings is 2. The van der Waals surface area contributed by atoms with Crippen LogP contribution in [0.5, 0.6) is 0 Å². The molecule has 3 N–H and O–H groups in total. The number of hydrogen-bond donors (Lipinski definition) is 3. The quantitative estimate of drug-likeness (QED) is 0.164. The lowest BCUT2D eigenvalue weighted by molar-refractivity contribution is -0.182. The first-order valence-electron chi connectivity index (χ1n) is 17.9. The molecule has 3 aromatic heterocycles. The minimum absolute atomic E-state index is 0.00257. The fraction of sp³-hybridized carbons (Fsp3) is 0.351. The molecule has 6 heterocycles. The van der Waals surface area contributed by atoms with Crippen LogP contribution < -0.4 is 20.4 Å². The van der Waals surface area contributed by atoms with Gasteiger partial charge in [0.2, 0.25) is 11.7 Å². The van der Waals surface area contributed by atoms with Crippen LogP contribution in [0.4, 0.5) is 42.5 Å². The number of H-pyrrole nitrogens is 1. The van der Waals surface area contributed by atoms with E-state index in [1.54, 1.807) is 12.1 Å². The molecule has 4 amide bonds. The first kappa shape index (κ1) is 38.5. The lowest BCUT2D eigenvalue weighted by Crippen LogP contribution is -2.72. The Balaban J connectivity index is 0.821. The number of aromatic amines is 1. The van der Waals surface area contributed by atoms with E-state index in [1.807, 2.05) is 4.90 Å². The number of amides is 4. The number of likely N-dealkylation sites (tertiary alicyclic amines) is 1. The molecule has 3 aliphatic rings. The normalized spacial score (nSPS) is 17.0. The van der Waals surface area contributed by atoms with Gasteiger partial charge in [-0.1, -0.05) is 17.3 Å².